The molecule has 0 radical (unpaired) electrons. The lowest BCUT2D eigenvalue weighted by Crippen LogP contribution is -2.41. The second-order valence-corrected chi connectivity index (χ2v) is 10.1. The molecule has 0 unspecified atom stereocenters. The molecule has 2 aliphatic rings. The topological polar surface area (TPSA) is 105 Å². The second kappa shape index (κ2) is 8.91. The SMILES string of the molecule is CC[C@H]1Oc2ccc(S(=O)(=O)N3CCC(C(=O)Nc4cccc(C)c4)CC3)cc2NC1=O. The Labute approximate surface area is 188 Å². The maximum atomic E-state index is 13.2. The van der Waals surface area contributed by atoms with Crippen LogP contribution in [-0.4, -0.2) is 43.7 Å². The summed E-state index contributed by atoms with van der Waals surface area (Å²) in [6.45, 7) is 4.32. The molecular formula is C23H27N3O5S. The van der Waals surface area contributed by atoms with Gasteiger partial charge in [0, 0.05) is 24.7 Å². The molecule has 32 heavy (non-hydrogen) atoms. The highest BCUT2D eigenvalue weighted by Crippen LogP contribution is 2.34. The van der Waals surface area contributed by atoms with Crippen LogP contribution in [0.1, 0.15) is 31.7 Å². The number of benzene rings is 2. The molecule has 2 aromatic rings. The van der Waals surface area contributed by atoms with E-state index < -0.39 is 16.1 Å². The molecule has 2 N–H and O–H groups in total. The zero-order valence-corrected chi connectivity index (χ0v) is 18.9. The minimum Gasteiger partial charge on any atom is -0.478 e. The van der Waals surface area contributed by atoms with Gasteiger partial charge in [-0.25, -0.2) is 8.42 Å². The Hall–Kier alpha value is -2.91. The van der Waals surface area contributed by atoms with Gasteiger partial charge < -0.3 is 15.4 Å². The summed E-state index contributed by atoms with van der Waals surface area (Å²) in [7, 11) is -3.75. The molecule has 0 bridgehead atoms. The van der Waals surface area contributed by atoms with Gasteiger partial charge in [-0.2, -0.15) is 4.31 Å². The fourth-order valence-corrected chi connectivity index (χ4v) is 5.53. The van der Waals surface area contributed by atoms with Crippen LogP contribution in [0.3, 0.4) is 0 Å². The lowest BCUT2D eigenvalue weighted by Gasteiger charge is -2.31. The summed E-state index contributed by atoms with van der Waals surface area (Å²) >= 11 is 0. The first-order chi connectivity index (χ1) is 15.3. The highest BCUT2D eigenvalue weighted by atomic mass is 32.2. The molecule has 0 spiro atoms. The number of piperidine rings is 1. The predicted molar refractivity (Wildman–Crippen MR) is 121 cm³/mol. The zero-order valence-electron chi connectivity index (χ0n) is 18.1. The average molecular weight is 458 g/mol. The van der Waals surface area contributed by atoms with Gasteiger partial charge in [0.2, 0.25) is 15.9 Å². The molecule has 170 valence electrons. The number of nitrogens with one attached hydrogen (secondary N) is 2. The van der Waals surface area contributed by atoms with Crippen LogP contribution in [0, 0.1) is 12.8 Å². The standard InChI is InChI=1S/C23H27N3O5S/c1-3-20-23(28)25-19-14-18(7-8-21(19)31-20)32(29,30)26-11-9-16(10-12-26)22(27)24-17-6-4-5-15(2)13-17/h4-8,13-14,16,20H,3,9-12H2,1-2H3,(H,24,27)(H,25,28)/t20-/m1/s1. The van der Waals surface area contributed by atoms with Crippen molar-refractivity contribution in [1.82, 2.24) is 4.31 Å². The van der Waals surface area contributed by atoms with Gasteiger partial charge >= 0.3 is 0 Å². The number of fused-ring (bicyclic) bond motifs is 1. The first-order valence-electron chi connectivity index (χ1n) is 10.8. The van der Waals surface area contributed by atoms with Gasteiger partial charge in [-0.15, -0.1) is 0 Å². The molecule has 8 nitrogen and oxygen atoms in total. The average Bonchev–Trinajstić information content (AvgIpc) is 2.78. The first-order valence-corrected chi connectivity index (χ1v) is 12.2. The molecule has 2 aromatic carbocycles. The smallest absolute Gasteiger partial charge is 0.265 e. The summed E-state index contributed by atoms with van der Waals surface area (Å²) in [5, 5.41) is 5.65. The van der Waals surface area contributed by atoms with Crippen molar-refractivity contribution in [2.75, 3.05) is 23.7 Å². The van der Waals surface area contributed by atoms with E-state index in [4.69, 9.17) is 4.74 Å². The third-order valence-corrected chi connectivity index (χ3v) is 7.78. The molecule has 1 atom stereocenters. The highest BCUT2D eigenvalue weighted by molar-refractivity contribution is 7.89. The minimum atomic E-state index is -3.75. The van der Waals surface area contributed by atoms with Gasteiger partial charge in [-0.05, 0) is 62.1 Å². The maximum Gasteiger partial charge on any atom is 0.265 e. The number of ether oxygens (including phenoxy) is 1. The van der Waals surface area contributed by atoms with E-state index in [1.165, 1.54) is 16.4 Å². The third-order valence-electron chi connectivity index (χ3n) is 5.89. The van der Waals surface area contributed by atoms with Crippen LogP contribution in [0.4, 0.5) is 11.4 Å². The molecule has 0 saturated carbocycles. The van der Waals surface area contributed by atoms with E-state index in [9.17, 15) is 18.0 Å². The fourth-order valence-electron chi connectivity index (χ4n) is 4.03. The van der Waals surface area contributed by atoms with Crippen LogP contribution in [0.15, 0.2) is 47.4 Å². The van der Waals surface area contributed by atoms with Crippen LogP contribution in [-0.2, 0) is 19.6 Å². The molecule has 0 aromatic heterocycles. The predicted octanol–water partition coefficient (Wildman–Crippen LogP) is 3.14. The number of aryl methyl sites for hydroxylation is 1. The van der Waals surface area contributed by atoms with E-state index in [0.29, 0.717) is 30.7 Å². The fraction of sp³-hybridized carbons (Fsp3) is 0.391. The number of rotatable bonds is 5. The summed E-state index contributed by atoms with van der Waals surface area (Å²) in [4.78, 5) is 24.8. The highest BCUT2D eigenvalue weighted by Gasteiger charge is 2.33. The van der Waals surface area contributed by atoms with Crippen molar-refractivity contribution >= 4 is 33.2 Å². The molecule has 9 heteroatoms. The lowest BCUT2D eigenvalue weighted by molar-refractivity contribution is -0.123. The maximum absolute atomic E-state index is 13.2. The van der Waals surface area contributed by atoms with Gasteiger partial charge in [0.05, 0.1) is 10.6 Å². The van der Waals surface area contributed by atoms with Crippen molar-refractivity contribution in [3.8, 4) is 5.75 Å². The molecule has 2 aliphatic heterocycles. The molecule has 0 aliphatic carbocycles. The molecule has 2 heterocycles. The number of amides is 2. The second-order valence-electron chi connectivity index (χ2n) is 8.20. The summed E-state index contributed by atoms with van der Waals surface area (Å²) in [5.41, 5.74) is 2.16. The first kappa shape index (κ1) is 22.3. The molecule has 4 rings (SSSR count). The number of anilines is 2. The van der Waals surface area contributed by atoms with Crippen molar-refractivity contribution in [3.63, 3.8) is 0 Å². The summed E-state index contributed by atoms with van der Waals surface area (Å²) in [6, 6.07) is 12.1. The normalized spacial score (nSPS) is 19.6. The molecule has 2 amide bonds. The van der Waals surface area contributed by atoms with Gasteiger partial charge in [0.15, 0.2) is 6.10 Å². The van der Waals surface area contributed by atoms with Crippen LogP contribution in [0.5, 0.6) is 5.75 Å². The van der Waals surface area contributed by atoms with Crippen molar-refractivity contribution in [2.45, 2.75) is 44.1 Å². The third kappa shape index (κ3) is 4.49. The van der Waals surface area contributed by atoms with Gasteiger partial charge in [0.1, 0.15) is 5.75 Å². The number of hydrogen-bond acceptors (Lipinski definition) is 5. The van der Waals surface area contributed by atoms with Crippen molar-refractivity contribution < 1.29 is 22.7 Å². The van der Waals surface area contributed by atoms with Gasteiger partial charge in [0.25, 0.3) is 5.91 Å². The zero-order chi connectivity index (χ0) is 22.9. The Morgan fingerprint density at radius 1 is 1.19 bits per heavy atom. The van der Waals surface area contributed by atoms with Crippen LogP contribution in [0.2, 0.25) is 0 Å². The number of nitrogens with zero attached hydrogens (tertiary/aromatic N) is 1. The van der Waals surface area contributed by atoms with E-state index in [1.807, 2.05) is 38.1 Å². The molecule has 1 saturated heterocycles. The number of carbonyl (C=O) groups is 2. The number of carbonyl (C=O) groups excluding carboxylic acids is 2. The van der Waals surface area contributed by atoms with Crippen LogP contribution < -0.4 is 15.4 Å². The van der Waals surface area contributed by atoms with Crippen molar-refractivity contribution in [2.24, 2.45) is 5.92 Å². The van der Waals surface area contributed by atoms with Gasteiger partial charge in [-0.3, -0.25) is 9.59 Å². The Morgan fingerprint density at radius 2 is 1.94 bits per heavy atom. The van der Waals surface area contributed by atoms with E-state index in [0.717, 1.165) is 11.3 Å². The lowest BCUT2D eigenvalue weighted by atomic mass is 9.97. The van der Waals surface area contributed by atoms with Crippen molar-refractivity contribution in [1.29, 1.82) is 0 Å². The Bertz CT molecular complexity index is 1140. The van der Waals surface area contributed by atoms with Crippen LogP contribution in [0.25, 0.3) is 0 Å². The molecule has 1 fully saturated rings. The number of hydrogen-bond donors (Lipinski definition) is 2. The van der Waals surface area contributed by atoms with E-state index in [1.54, 1.807) is 6.07 Å². The van der Waals surface area contributed by atoms with E-state index >= 15 is 0 Å². The van der Waals surface area contributed by atoms with Gasteiger partial charge in [-0.1, -0.05) is 19.1 Å². The number of sulfonamides is 1. The summed E-state index contributed by atoms with van der Waals surface area (Å²) < 4.78 is 33.3. The quantitative estimate of drug-likeness (QED) is 0.718. The minimum absolute atomic E-state index is 0.0910. The van der Waals surface area contributed by atoms with Crippen LogP contribution >= 0.6 is 0 Å². The Morgan fingerprint density at radius 3 is 2.62 bits per heavy atom. The summed E-state index contributed by atoms with van der Waals surface area (Å²) in [5.74, 6) is -0.159. The van der Waals surface area contributed by atoms with E-state index in [-0.39, 0.29) is 35.7 Å². The Balaban J connectivity index is 1.41. The monoisotopic (exact) mass is 457 g/mol. The summed E-state index contributed by atoms with van der Waals surface area (Å²) in [6.07, 6.45) is 0.840. The van der Waals surface area contributed by atoms with E-state index in [2.05, 4.69) is 10.6 Å². The largest absolute Gasteiger partial charge is 0.478 e. The Kier molecular flexibility index (Phi) is 6.21. The van der Waals surface area contributed by atoms with Crippen molar-refractivity contribution in [3.05, 3.63) is 48.0 Å². The molecular weight excluding hydrogens is 430 g/mol.